The minimum atomic E-state index is -0.454. The lowest BCUT2D eigenvalue weighted by Gasteiger charge is -2.18. The molecule has 0 bridgehead atoms. The molecule has 136 valence electrons. The Labute approximate surface area is 151 Å². The zero-order chi connectivity index (χ0) is 18.5. The Morgan fingerprint density at radius 3 is 2.58 bits per heavy atom. The molecule has 2 aromatic carbocycles. The van der Waals surface area contributed by atoms with Crippen molar-refractivity contribution in [2.75, 3.05) is 29.9 Å². The zero-order valence-corrected chi connectivity index (χ0v) is 14.6. The number of amides is 1. The Morgan fingerprint density at radius 1 is 1.12 bits per heavy atom. The molecule has 1 aliphatic heterocycles. The first-order valence-electron chi connectivity index (χ1n) is 8.71. The maximum atomic E-state index is 14.4. The number of carbonyl (C=O) groups is 2. The van der Waals surface area contributed by atoms with Gasteiger partial charge >= 0.3 is 5.97 Å². The van der Waals surface area contributed by atoms with E-state index in [0.717, 1.165) is 25.9 Å². The number of ether oxygens (including phenoxy) is 1. The van der Waals surface area contributed by atoms with Crippen molar-refractivity contribution in [3.63, 3.8) is 0 Å². The number of carbonyl (C=O) groups excluding carboxylic acids is 2. The van der Waals surface area contributed by atoms with E-state index < -0.39 is 17.7 Å². The number of nitrogens with one attached hydrogen (secondary N) is 1. The fourth-order valence-corrected chi connectivity index (χ4v) is 3.00. The molecule has 1 heterocycles. The molecule has 0 radical (unpaired) electrons. The van der Waals surface area contributed by atoms with Crippen molar-refractivity contribution in [2.45, 2.75) is 19.8 Å². The van der Waals surface area contributed by atoms with Gasteiger partial charge < -0.3 is 15.0 Å². The van der Waals surface area contributed by atoms with Gasteiger partial charge in [-0.1, -0.05) is 6.07 Å². The first kappa shape index (κ1) is 17.9. The number of nitrogens with zero attached hydrogens (tertiary/aromatic N) is 1. The minimum Gasteiger partial charge on any atom is -0.462 e. The quantitative estimate of drug-likeness (QED) is 0.827. The van der Waals surface area contributed by atoms with Crippen molar-refractivity contribution in [3.05, 3.63) is 59.4 Å². The van der Waals surface area contributed by atoms with Gasteiger partial charge in [-0.05, 0) is 56.2 Å². The molecule has 1 aliphatic rings. The van der Waals surface area contributed by atoms with E-state index in [9.17, 15) is 14.0 Å². The molecule has 5 nitrogen and oxygen atoms in total. The van der Waals surface area contributed by atoms with Gasteiger partial charge in [-0.25, -0.2) is 9.18 Å². The summed E-state index contributed by atoms with van der Waals surface area (Å²) in [6, 6.07) is 11.0. The average molecular weight is 356 g/mol. The van der Waals surface area contributed by atoms with Crippen molar-refractivity contribution in [3.8, 4) is 0 Å². The monoisotopic (exact) mass is 356 g/mol. The molecule has 1 amide bonds. The molecule has 6 heteroatoms. The number of esters is 1. The second-order valence-electron chi connectivity index (χ2n) is 6.12. The van der Waals surface area contributed by atoms with Crippen LogP contribution >= 0.6 is 0 Å². The van der Waals surface area contributed by atoms with Gasteiger partial charge in [0, 0.05) is 24.3 Å². The minimum absolute atomic E-state index is 0.229. The smallest absolute Gasteiger partial charge is 0.338 e. The van der Waals surface area contributed by atoms with E-state index in [1.54, 1.807) is 37.3 Å². The molecule has 1 fully saturated rings. The standard InChI is InChI=1S/C20H21FN2O3/c1-2-26-20(25)15-6-5-7-16(12-15)22-19(24)14-8-9-18(17(21)13-14)23-10-3-4-11-23/h5-9,12-13H,2-4,10-11H2,1H3,(H,22,24). The summed E-state index contributed by atoms with van der Waals surface area (Å²) in [6.45, 7) is 3.67. The SMILES string of the molecule is CCOC(=O)c1cccc(NC(=O)c2ccc(N3CCCC3)c(F)c2)c1. The summed E-state index contributed by atoms with van der Waals surface area (Å²) in [5.41, 5.74) is 1.56. The average Bonchev–Trinajstić information content (AvgIpc) is 3.16. The number of hydrogen-bond donors (Lipinski definition) is 1. The molecule has 0 aliphatic carbocycles. The number of anilines is 2. The molecular weight excluding hydrogens is 335 g/mol. The van der Waals surface area contributed by atoms with Crippen LogP contribution in [0, 0.1) is 5.82 Å². The third-order valence-corrected chi connectivity index (χ3v) is 4.29. The summed E-state index contributed by atoms with van der Waals surface area (Å²) in [5, 5.41) is 2.68. The van der Waals surface area contributed by atoms with Crippen LogP contribution in [0.1, 0.15) is 40.5 Å². The summed E-state index contributed by atoms with van der Waals surface area (Å²) in [5.74, 6) is -1.29. The van der Waals surface area contributed by atoms with Crippen LogP contribution in [0.15, 0.2) is 42.5 Å². The predicted octanol–water partition coefficient (Wildman–Crippen LogP) is 3.85. The highest BCUT2D eigenvalue weighted by molar-refractivity contribution is 6.05. The third-order valence-electron chi connectivity index (χ3n) is 4.29. The summed E-state index contributed by atoms with van der Waals surface area (Å²) < 4.78 is 19.3. The van der Waals surface area contributed by atoms with Crippen LogP contribution < -0.4 is 10.2 Å². The van der Waals surface area contributed by atoms with Crippen LogP contribution in [0.4, 0.5) is 15.8 Å². The van der Waals surface area contributed by atoms with Crippen LogP contribution in [0.25, 0.3) is 0 Å². The van der Waals surface area contributed by atoms with Gasteiger partial charge in [-0.2, -0.15) is 0 Å². The van der Waals surface area contributed by atoms with Crippen molar-refractivity contribution in [1.29, 1.82) is 0 Å². The molecule has 0 unspecified atom stereocenters. The van der Waals surface area contributed by atoms with E-state index in [4.69, 9.17) is 4.74 Å². The fourth-order valence-electron chi connectivity index (χ4n) is 3.00. The third kappa shape index (κ3) is 4.02. The Hall–Kier alpha value is -2.89. The van der Waals surface area contributed by atoms with Crippen molar-refractivity contribution in [1.82, 2.24) is 0 Å². The van der Waals surface area contributed by atoms with Gasteiger partial charge in [0.15, 0.2) is 0 Å². The zero-order valence-electron chi connectivity index (χ0n) is 14.6. The van der Waals surface area contributed by atoms with E-state index in [-0.39, 0.29) is 12.2 Å². The highest BCUT2D eigenvalue weighted by atomic mass is 19.1. The topological polar surface area (TPSA) is 58.6 Å². The Kier molecular flexibility index (Phi) is 5.51. The van der Waals surface area contributed by atoms with Crippen LogP contribution in [-0.4, -0.2) is 31.6 Å². The number of hydrogen-bond acceptors (Lipinski definition) is 4. The van der Waals surface area contributed by atoms with Gasteiger partial charge in [0.05, 0.1) is 17.9 Å². The van der Waals surface area contributed by atoms with Crippen molar-refractivity contribution < 1.29 is 18.7 Å². The highest BCUT2D eigenvalue weighted by Crippen LogP contribution is 2.25. The molecule has 1 saturated heterocycles. The summed E-state index contributed by atoms with van der Waals surface area (Å²) in [4.78, 5) is 26.2. The normalized spacial score (nSPS) is 13.5. The van der Waals surface area contributed by atoms with Crippen LogP contribution in [0.3, 0.4) is 0 Å². The highest BCUT2D eigenvalue weighted by Gasteiger charge is 2.18. The maximum absolute atomic E-state index is 14.4. The van der Waals surface area contributed by atoms with Gasteiger partial charge in [0.25, 0.3) is 5.91 Å². The molecule has 1 N–H and O–H groups in total. The van der Waals surface area contributed by atoms with E-state index in [1.165, 1.54) is 12.1 Å². The Morgan fingerprint density at radius 2 is 1.88 bits per heavy atom. The van der Waals surface area contributed by atoms with Gasteiger partial charge in [0.2, 0.25) is 0 Å². The molecule has 0 atom stereocenters. The molecule has 2 aromatic rings. The van der Waals surface area contributed by atoms with Gasteiger partial charge in [-0.15, -0.1) is 0 Å². The Bertz CT molecular complexity index is 816. The van der Waals surface area contributed by atoms with Crippen molar-refractivity contribution in [2.24, 2.45) is 0 Å². The predicted molar refractivity (Wildman–Crippen MR) is 98.2 cm³/mol. The first-order chi connectivity index (χ1) is 12.6. The number of halogens is 1. The summed E-state index contributed by atoms with van der Waals surface area (Å²) in [6.07, 6.45) is 2.11. The lowest BCUT2D eigenvalue weighted by molar-refractivity contribution is 0.0526. The largest absolute Gasteiger partial charge is 0.462 e. The maximum Gasteiger partial charge on any atom is 0.338 e. The molecule has 0 aromatic heterocycles. The molecule has 0 spiro atoms. The summed E-state index contributed by atoms with van der Waals surface area (Å²) >= 11 is 0. The van der Waals surface area contributed by atoms with Crippen LogP contribution in [-0.2, 0) is 4.74 Å². The first-order valence-corrected chi connectivity index (χ1v) is 8.71. The van der Waals surface area contributed by atoms with E-state index >= 15 is 0 Å². The van der Waals surface area contributed by atoms with Gasteiger partial charge in [-0.3, -0.25) is 4.79 Å². The van der Waals surface area contributed by atoms with Crippen molar-refractivity contribution >= 4 is 23.3 Å². The summed E-state index contributed by atoms with van der Waals surface area (Å²) in [7, 11) is 0. The molecule has 0 saturated carbocycles. The Balaban J connectivity index is 1.73. The lowest BCUT2D eigenvalue weighted by Crippen LogP contribution is -2.20. The van der Waals surface area contributed by atoms with E-state index in [1.807, 2.05) is 4.90 Å². The van der Waals surface area contributed by atoms with E-state index in [2.05, 4.69) is 5.32 Å². The second-order valence-corrected chi connectivity index (χ2v) is 6.12. The number of benzene rings is 2. The van der Waals surface area contributed by atoms with Crippen LogP contribution in [0.2, 0.25) is 0 Å². The second kappa shape index (κ2) is 7.99. The molecule has 26 heavy (non-hydrogen) atoms. The number of rotatable bonds is 5. The van der Waals surface area contributed by atoms with Crippen LogP contribution in [0.5, 0.6) is 0 Å². The fraction of sp³-hybridized carbons (Fsp3) is 0.300. The molecular formula is C20H21FN2O3. The lowest BCUT2D eigenvalue weighted by atomic mass is 10.1. The molecule has 3 rings (SSSR count). The van der Waals surface area contributed by atoms with Gasteiger partial charge in [0.1, 0.15) is 5.82 Å². The van der Waals surface area contributed by atoms with E-state index in [0.29, 0.717) is 16.9 Å².